The van der Waals surface area contributed by atoms with E-state index in [1.165, 1.54) is 11.8 Å². The number of aromatic nitrogens is 3. The fourth-order valence-corrected chi connectivity index (χ4v) is 3.38. The largest absolute Gasteiger partial charge is 0.447 e. The fraction of sp³-hybridized carbons (Fsp3) is 0.375. The van der Waals surface area contributed by atoms with Gasteiger partial charge in [-0.2, -0.15) is 0 Å². The molecule has 0 aliphatic carbocycles. The van der Waals surface area contributed by atoms with Crippen molar-refractivity contribution in [1.82, 2.24) is 19.7 Å². The van der Waals surface area contributed by atoms with Gasteiger partial charge in [0.1, 0.15) is 6.61 Å². The Morgan fingerprint density at radius 1 is 1.35 bits per heavy atom. The predicted molar refractivity (Wildman–Crippen MR) is 96.1 cm³/mol. The summed E-state index contributed by atoms with van der Waals surface area (Å²) in [6, 6.07) is 7.27. The van der Waals surface area contributed by atoms with E-state index in [-0.39, 0.29) is 24.8 Å². The Morgan fingerprint density at radius 2 is 2.12 bits per heavy atom. The van der Waals surface area contributed by atoms with Gasteiger partial charge in [-0.3, -0.25) is 9.36 Å². The average Bonchev–Trinajstić information content (AvgIpc) is 3.24. The molecular formula is C16H17ClN4O4S. The molecule has 1 aromatic heterocycles. The number of carbonyl (C=O) groups excluding carboxylic acids is 2. The van der Waals surface area contributed by atoms with Crippen molar-refractivity contribution in [2.75, 3.05) is 32.6 Å². The summed E-state index contributed by atoms with van der Waals surface area (Å²) in [5, 5.41) is 9.63. The van der Waals surface area contributed by atoms with Crippen LogP contribution in [0, 0.1) is 0 Å². The van der Waals surface area contributed by atoms with Gasteiger partial charge >= 0.3 is 6.09 Å². The van der Waals surface area contributed by atoms with Crippen molar-refractivity contribution in [1.29, 1.82) is 0 Å². The van der Waals surface area contributed by atoms with Gasteiger partial charge in [0.2, 0.25) is 5.91 Å². The molecule has 10 heteroatoms. The van der Waals surface area contributed by atoms with Gasteiger partial charge in [0.25, 0.3) is 0 Å². The Balaban J connectivity index is 1.76. The quantitative estimate of drug-likeness (QED) is 0.663. The number of halogens is 1. The molecule has 1 aromatic carbocycles. The zero-order valence-electron chi connectivity index (χ0n) is 14.1. The van der Waals surface area contributed by atoms with Crippen LogP contribution in [0.1, 0.15) is 0 Å². The first-order valence-corrected chi connectivity index (χ1v) is 9.24. The zero-order chi connectivity index (χ0) is 18.5. The molecule has 0 N–H and O–H groups in total. The first-order chi connectivity index (χ1) is 12.6. The molecule has 2 heterocycles. The SMILES string of the molecule is COCCn1c(SCC(=O)N2CCOC2=O)nnc1-c1ccc(Cl)cc1. The molecule has 3 rings (SSSR count). The monoisotopic (exact) mass is 396 g/mol. The standard InChI is InChI=1S/C16H17ClN4O4S/c1-24-8-6-21-14(11-2-4-12(17)5-3-11)18-19-15(21)26-10-13(22)20-7-9-25-16(20)23/h2-5H,6-10H2,1H3. The van der Waals surface area contributed by atoms with E-state index in [2.05, 4.69) is 10.2 Å². The smallest absolute Gasteiger partial charge is 0.416 e. The third-order valence-electron chi connectivity index (χ3n) is 3.72. The highest BCUT2D eigenvalue weighted by Gasteiger charge is 2.28. The number of nitrogens with zero attached hydrogens (tertiary/aromatic N) is 4. The first-order valence-electron chi connectivity index (χ1n) is 7.88. The van der Waals surface area contributed by atoms with Crippen LogP contribution in [0.2, 0.25) is 5.02 Å². The lowest BCUT2D eigenvalue weighted by Crippen LogP contribution is -2.33. The van der Waals surface area contributed by atoms with E-state index in [0.717, 1.165) is 10.5 Å². The highest BCUT2D eigenvalue weighted by Crippen LogP contribution is 2.25. The number of hydrogen-bond donors (Lipinski definition) is 0. The van der Waals surface area contributed by atoms with Crippen LogP contribution in [0.15, 0.2) is 29.4 Å². The molecule has 138 valence electrons. The number of benzene rings is 1. The number of imide groups is 1. The van der Waals surface area contributed by atoms with E-state index in [0.29, 0.717) is 29.2 Å². The Kier molecular flexibility index (Phi) is 6.12. The second-order valence-electron chi connectivity index (χ2n) is 5.41. The van der Waals surface area contributed by atoms with Crippen molar-refractivity contribution in [3.63, 3.8) is 0 Å². The summed E-state index contributed by atoms with van der Waals surface area (Å²) in [7, 11) is 1.61. The van der Waals surface area contributed by atoms with Crippen LogP contribution in [-0.2, 0) is 20.8 Å². The average molecular weight is 397 g/mol. The summed E-state index contributed by atoms with van der Waals surface area (Å²) >= 11 is 7.16. The minimum atomic E-state index is -0.599. The van der Waals surface area contributed by atoms with E-state index in [9.17, 15) is 9.59 Å². The number of rotatable bonds is 7. The normalized spacial score (nSPS) is 13.9. The summed E-state index contributed by atoms with van der Waals surface area (Å²) in [5.41, 5.74) is 0.860. The third-order valence-corrected chi connectivity index (χ3v) is 4.93. The number of carbonyl (C=O) groups is 2. The Hall–Kier alpha value is -2.10. The van der Waals surface area contributed by atoms with Gasteiger partial charge in [0.15, 0.2) is 11.0 Å². The molecule has 0 bridgehead atoms. The van der Waals surface area contributed by atoms with Crippen molar-refractivity contribution in [2.45, 2.75) is 11.7 Å². The van der Waals surface area contributed by atoms with Gasteiger partial charge < -0.3 is 9.47 Å². The van der Waals surface area contributed by atoms with Crippen molar-refractivity contribution in [3.05, 3.63) is 29.3 Å². The van der Waals surface area contributed by atoms with Crippen LogP contribution in [-0.4, -0.2) is 64.3 Å². The molecule has 26 heavy (non-hydrogen) atoms. The van der Waals surface area contributed by atoms with Gasteiger partial charge in [-0.05, 0) is 24.3 Å². The Bertz CT molecular complexity index is 796. The summed E-state index contributed by atoms with van der Waals surface area (Å²) in [4.78, 5) is 24.7. The maximum absolute atomic E-state index is 12.2. The Morgan fingerprint density at radius 3 is 2.77 bits per heavy atom. The number of methoxy groups -OCH3 is 1. The minimum absolute atomic E-state index is 0.0703. The van der Waals surface area contributed by atoms with Crippen molar-refractivity contribution in [3.8, 4) is 11.4 Å². The topological polar surface area (TPSA) is 86.5 Å². The molecule has 8 nitrogen and oxygen atoms in total. The lowest BCUT2D eigenvalue weighted by atomic mass is 10.2. The van der Waals surface area contributed by atoms with E-state index in [1.807, 2.05) is 16.7 Å². The van der Waals surface area contributed by atoms with Gasteiger partial charge in [-0.15, -0.1) is 10.2 Å². The molecule has 1 aliphatic heterocycles. The number of cyclic esters (lactones) is 1. The Labute approximate surface area is 159 Å². The second kappa shape index (κ2) is 8.52. The molecule has 0 spiro atoms. The van der Waals surface area contributed by atoms with E-state index in [4.69, 9.17) is 21.1 Å². The van der Waals surface area contributed by atoms with E-state index < -0.39 is 6.09 Å². The second-order valence-corrected chi connectivity index (χ2v) is 6.78. The molecule has 0 unspecified atom stereocenters. The highest BCUT2D eigenvalue weighted by molar-refractivity contribution is 7.99. The van der Waals surface area contributed by atoms with Crippen molar-refractivity contribution < 1.29 is 19.1 Å². The maximum Gasteiger partial charge on any atom is 0.416 e. The number of amides is 2. The molecule has 0 saturated carbocycles. The molecular weight excluding hydrogens is 380 g/mol. The predicted octanol–water partition coefficient (Wildman–Crippen LogP) is 2.32. The molecule has 2 aromatic rings. The highest BCUT2D eigenvalue weighted by atomic mass is 35.5. The van der Waals surface area contributed by atoms with Crippen LogP contribution in [0.25, 0.3) is 11.4 Å². The first kappa shape index (κ1) is 18.7. The number of hydrogen-bond acceptors (Lipinski definition) is 7. The van der Waals surface area contributed by atoms with Gasteiger partial charge in [0, 0.05) is 17.7 Å². The molecule has 1 aliphatic rings. The minimum Gasteiger partial charge on any atom is -0.447 e. The summed E-state index contributed by atoms with van der Waals surface area (Å²) in [5.74, 6) is 0.418. The summed E-state index contributed by atoms with van der Waals surface area (Å²) in [6.07, 6.45) is -0.599. The number of ether oxygens (including phenoxy) is 2. The zero-order valence-corrected chi connectivity index (χ0v) is 15.6. The van der Waals surface area contributed by atoms with Crippen LogP contribution in [0.5, 0.6) is 0 Å². The van der Waals surface area contributed by atoms with Crippen LogP contribution in [0.3, 0.4) is 0 Å². The van der Waals surface area contributed by atoms with E-state index in [1.54, 1.807) is 19.2 Å². The van der Waals surface area contributed by atoms with Crippen LogP contribution >= 0.6 is 23.4 Å². The van der Waals surface area contributed by atoms with Crippen LogP contribution in [0.4, 0.5) is 4.79 Å². The molecule has 0 atom stereocenters. The van der Waals surface area contributed by atoms with Crippen LogP contribution < -0.4 is 0 Å². The fourth-order valence-electron chi connectivity index (χ4n) is 2.42. The maximum atomic E-state index is 12.2. The third kappa shape index (κ3) is 4.17. The van der Waals surface area contributed by atoms with Crippen molar-refractivity contribution in [2.24, 2.45) is 0 Å². The molecule has 0 radical (unpaired) electrons. The van der Waals surface area contributed by atoms with Gasteiger partial charge in [-0.1, -0.05) is 23.4 Å². The van der Waals surface area contributed by atoms with E-state index >= 15 is 0 Å². The van der Waals surface area contributed by atoms with Gasteiger partial charge in [-0.25, -0.2) is 9.69 Å². The summed E-state index contributed by atoms with van der Waals surface area (Å²) < 4.78 is 11.8. The molecule has 1 fully saturated rings. The van der Waals surface area contributed by atoms with Gasteiger partial charge in [0.05, 0.1) is 25.4 Å². The van der Waals surface area contributed by atoms with Crippen molar-refractivity contribution >= 4 is 35.4 Å². The molecule has 2 amide bonds. The lowest BCUT2D eigenvalue weighted by Gasteiger charge is -2.12. The number of thioether (sulfide) groups is 1. The molecule has 1 saturated heterocycles. The lowest BCUT2D eigenvalue weighted by molar-refractivity contribution is -0.125. The summed E-state index contributed by atoms with van der Waals surface area (Å²) in [6.45, 7) is 1.52.